The number of benzene rings is 3. The topological polar surface area (TPSA) is 79.2 Å². The third kappa shape index (κ3) is 5.98. The summed E-state index contributed by atoms with van der Waals surface area (Å²) >= 11 is 4.75. The summed E-state index contributed by atoms with van der Waals surface area (Å²) < 4.78 is 19.6. The van der Waals surface area contributed by atoms with Crippen LogP contribution in [-0.4, -0.2) is 33.6 Å². The van der Waals surface area contributed by atoms with Crippen molar-refractivity contribution in [3.05, 3.63) is 98.6 Å². The van der Waals surface area contributed by atoms with Gasteiger partial charge in [0.2, 0.25) is 0 Å². The summed E-state index contributed by atoms with van der Waals surface area (Å²) in [6, 6.07) is 17.9. The molecule has 6 nitrogen and oxygen atoms in total. The van der Waals surface area contributed by atoms with Crippen molar-refractivity contribution < 1.29 is 23.8 Å². The van der Waals surface area contributed by atoms with Crippen LogP contribution in [-0.2, 0) is 11.4 Å². The lowest BCUT2D eigenvalue weighted by Gasteiger charge is -2.12. The lowest BCUT2D eigenvalue weighted by molar-refractivity contribution is -0.122. The molecule has 0 aliphatic carbocycles. The molecule has 1 aliphatic heterocycles. The number of rotatable bonds is 7. The predicted molar refractivity (Wildman–Crippen MR) is 138 cm³/mol. The van der Waals surface area contributed by atoms with E-state index >= 15 is 0 Å². The number of likely N-dealkylation sites (N-methyl/N-ethyl adjacent to an activating group) is 1. The minimum atomic E-state index is -1.04. The van der Waals surface area contributed by atoms with Crippen LogP contribution in [0, 0.1) is 5.82 Å². The Hall–Kier alpha value is -3.43. The summed E-state index contributed by atoms with van der Waals surface area (Å²) in [6.45, 7) is 2.58. The highest BCUT2D eigenvalue weighted by atomic mass is 79.9. The van der Waals surface area contributed by atoms with E-state index in [1.54, 1.807) is 41.3 Å². The summed E-state index contributed by atoms with van der Waals surface area (Å²) in [7, 11) is 0. The standard InChI is InChI=1S/C26H20BrFN2O4S/c1-2-30-24(31)23(35-26(30)29-20-5-3-4-18(14-20)25(32)33)13-17-8-11-22(21(27)12-17)34-15-16-6-9-19(28)10-7-16/h3-14H,2,15H2,1H3,(H,32,33)/b23-13-,29-26?. The number of carbonyl (C=O) groups is 2. The van der Waals surface area contributed by atoms with Crippen LogP contribution in [0.1, 0.15) is 28.4 Å². The first-order valence-corrected chi connectivity index (χ1v) is 12.2. The van der Waals surface area contributed by atoms with Gasteiger partial charge >= 0.3 is 5.97 Å². The second kappa shape index (κ2) is 10.9. The molecule has 35 heavy (non-hydrogen) atoms. The zero-order valence-corrected chi connectivity index (χ0v) is 21.0. The van der Waals surface area contributed by atoms with Crippen molar-refractivity contribution >= 4 is 56.5 Å². The molecule has 4 rings (SSSR count). The number of aliphatic imine (C=N–C) groups is 1. The lowest BCUT2D eigenvalue weighted by Crippen LogP contribution is -2.28. The Kier molecular flexibility index (Phi) is 7.67. The molecule has 1 amide bonds. The molecule has 3 aromatic carbocycles. The Morgan fingerprint density at radius 3 is 2.63 bits per heavy atom. The van der Waals surface area contributed by atoms with Gasteiger partial charge < -0.3 is 9.84 Å². The molecule has 178 valence electrons. The molecule has 0 unspecified atom stereocenters. The van der Waals surface area contributed by atoms with Crippen LogP contribution in [0.15, 0.2) is 81.1 Å². The number of halogens is 2. The molecule has 0 spiro atoms. The maximum Gasteiger partial charge on any atom is 0.335 e. The number of carbonyl (C=O) groups excluding carboxylic acids is 1. The molecule has 1 fully saturated rings. The van der Waals surface area contributed by atoms with Crippen LogP contribution in [0.2, 0.25) is 0 Å². The number of amides is 1. The Morgan fingerprint density at radius 1 is 1.17 bits per heavy atom. The van der Waals surface area contributed by atoms with Gasteiger partial charge in [-0.15, -0.1) is 0 Å². The smallest absolute Gasteiger partial charge is 0.335 e. The fraction of sp³-hybridized carbons (Fsp3) is 0.115. The average Bonchev–Trinajstić information content (AvgIpc) is 3.13. The molecule has 0 atom stereocenters. The number of carboxylic acid groups (broad SMARTS) is 1. The minimum Gasteiger partial charge on any atom is -0.488 e. The Balaban J connectivity index is 1.52. The fourth-order valence-corrected chi connectivity index (χ4v) is 4.88. The number of amidine groups is 1. The summed E-state index contributed by atoms with van der Waals surface area (Å²) in [5, 5.41) is 9.70. The lowest BCUT2D eigenvalue weighted by atomic mass is 10.2. The highest BCUT2D eigenvalue weighted by Gasteiger charge is 2.32. The van der Waals surface area contributed by atoms with Crippen molar-refractivity contribution in [1.29, 1.82) is 0 Å². The van der Waals surface area contributed by atoms with Gasteiger partial charge in [-0.2, -0.15) is 0 Å². The van der Waals surface area contributed by atoms with Gasteiger partial charge in [0.25, 0.3) is 5.91 Å². The summed E-state index contributed by atoms with van der Waals surface area (Å²) in [4.78, 5) is 30.8. The third-order valence-electron chi connectivity index (χ3n) is 5.08. The first-order chi connectivity index (χ1) is 16.8. The van der Waals surface area contributed by atoms with E-state index in [-0.39, 0.29) is 17.3 Å². The maximum absolute atomic E-state index is 13.1. The van der Waals surface area contributed by atoms with Gasteiger partial charge in [-0.25, -0.2) is 14.2 Å². The first kappa shape index (κ1) is 24.7. The third-order valence-corrected chi connectivity index (χ3v) is 6.71. The zero-order chi connectivity index (χ0) is 24.9. The molecular weight excluding hydrogens is 535 g/mol. The number of ether oxygens (including phenoxy) is 1. The molecule has 1 heterocycles. The second-order valence-electron chi connectivity index (χ2n) is 7.51. The fourth-order valence-electron chi connectivity index (χ4n) is 3.31. The summed E-state index contributed by atoms with van der Waals surface area (Å²) in [5.41, 5.74) is 2.24. The highest BCUT2D eigenvalue weighted by molar-refractivity contribution is 9.10. The van der Waals surface area contributed by atoms with Crippen molar-refractivity contribution in [3.8, 4) is 5.75 Å². The molecule has 1 aliphatic rings. The zero-order valence-electron chi connectivity index (χ0n) is 18.6. The quantitative estimate of drug-likeness (QED) is 0.337. The van der Waals surface area contributed by atoms with E-state index in [9.17, 15) is 19.1 Å². The summed E-state index contributed by atoms with van der Waals surface area (Å²) in [5.74, 6) is -0.878. The van der Waals surface area contributed by atoms with E-state index in [0.29, 0.717) is 34.7 Å². The van der Waals surface area contributed by atoms with Crippen LogP contribution in [0.3, 0.4) is 0 Å². The van der Waals surface area contributed by atoms with E-state index in [1.165, 1.54) is 36.0 Å². The van der Waals surface area contributed by atoms with Crippen molar-refractivity contribution in [2.24, 2.45) is 4.99 Å². The van der Waals surface area contributed by atoms with Gasteiger partial charge in [0.15, 0.2) is 5.17 Å². The highest BCUT2D eigenvalue weighted by Crippen LogP contribution is 2.35. The van der Waals surface area contributed by atoms with Crippen molar-refractivity contribution in [2.45, 2.75) is 13.5 Å². The number of carboxylic acids is 1. The maximum atomic E-state index is 13.1. The molecule has 1 saturated heterocycles. The number of thioether (sulfide) groups is 1. The van der Waals surface area contributed by atoms with Crippen molar-refractivity contribution in [2.75, 3.05) is 6.54 Å². The van der Waals surface area contributed by atoms with E-state index in [1.807, 2.05) is 19.1 Å². The molecule has 0 aromatic heterocycles. The first-order valence-electron chi connectivity index (χ1n) is 10.6. The van der Waals surface area contributed by atoms with Gasteiger partial charge in [-0.05, 0) is 94.3 Å². The van der Waals surface area contributed by atoms with Gasteiger partial charge in [0.1, 0.15) is 18.2 Å². The number of hydrogen-bond acceptors (Lipinski definition) is 5. The van der Waals surface area contributed by atoms with Crippen LogP contribution >= 0.6 is 27.7 Å². The van der Waals surface area contributed by atoms with Crippen LogP contribution in [0.4, 0.5) is 10.1 Å². The Morgan fingerprint density at radius 2 is 1.94 bits per heavy atom. The van der Waals surface area contributed by atoms with Crippen LogP contribution < -0.4 is 4.74 Å². The predicted octanol–water partition coefficient (Wildman–Crippen LogP) is 6.49. The molecular formula is C26H20BrFN2O4S. The van der Waals surface area contributed by atoms with E-state index in [2.05, 4.69) is 20.9 Å². The van der Waals surface area contributed by atoms with Gasteiger partial charge in [-0.1, -0.05) is 24.3 Å². The van der Waals surface area contributed by atoms with E-state index in [4.69, 9.17) is 4.74 Å². The van der Waals surface area contributed by atoms with Gasteiger partial charge in [0.05, 0.1) is 20.6 Å². The van der Waals surface area contributed by atoms with E-state index in [0.717, 1.165) is 15.6 Å². The molecule has 3 aromatic rings. The van der Waals surface area contributed by atoms with Crippen LogP contribution in [0.25, 0.3) is 6.08 Å². The molecule has 9 heteroatoms. The Labute approximate surface area is 214 Å². The van der Waals surface area contributed by atoms with Crippen molar-refractivity contribution in [1.82, 2.24) is 4.90 Å². The molecule has 0 bridgehead atoms. The summed E-state index contributed by atoms with van der Waals surface area (Å²) in [6.07, 6.45) is 1.78. The molecule has 0 saturated carbocycles. The largest absolute Gasteiger partial charge is 0.488 e. The average molecular weight is 555 g/mol. The SMILES string of the molecule is CCN1C(=O)/C(=C/c2ccc(OCc3ccc(F)cc3)c(Br)c2)SC1=Nc1cccc(C(=O)O)c1. The number of aromatic carboxylic acids is 1. The Bertz CT molecular complexity index is 1340. The number of hydrogen-bond donors (Lipinski definition) is 1. The minimum absolute atomic E-state index is 0.131. The number of nitrogens with zero attached hydrogens (tertiary/aromatic N) is 2. The molecule has 1 N–H and O–H groups in total. The van der Waals surface area contributed by atoms with Gasteiger partial charge in [0, 0.05) is 6.54 Å². The second-order valence-corrected chi connectivity index (χ2v) is 9.38. The normalized spacial score (nSPS) is 15.7. The monoisotopic (exact) mass is 554 g/mol. The van der Waals surface area contributed by atoms with Crippen molar-refractivity contribution in [3.63, 3.8) is 0 Å². The molecule has 0 radical (unpaired) electrons. The van der Waals surface area contributed by atoms with E-state index < -0.39 is 5.97 Å². The van der Waals surface area contributed by atoms with Crippen LogP contribution in [0.5, 0.6) is 5.75 Å². The van der Waals surface area contributed by atoms with Gasteiger partial charge in [-0.3, -0.25) is 9.69 Å².